The normalized spacial score (nSPS) is 14.4. The topological polar surface area (TPSA) is 237 Å². The zero-order chi connectivity index (χ0) is 71.7. The van der Waals surface area contributed by atoms with Crippen LogP contribution in [0, 0.1) is 23.7 Å². The quantitative estimate of drug-likeness (QED) is 0.0222. The second-order valence-electron chi connectivity index (χ2n) is 29.8. The predicted molar refractivity (Wildman–Crippen MR) is 395 cm³/mol. The van der Waals surface area contributed by atoms with E-state index in [1.54, 1.807) is 0 Å². The van der Waals surface area contributed by atoms with E-state index >= 15 is 0 Å². The largest absolute Gasteiger partial charge is 0.472 e. The number of phosphoric ester groups is 2. The standard InChI is InChI=1S/C78H152O17P2/c1-9-71(8)57-49-41-33-23-19-15-11-13-16-20-24-34-42-50-58-75(80)88-64-73(94-77(82)60-52-44-36-25-21-17-12-10-14-18-22-30-38-46-54-68(2)3)66-92-96(84,85)90-62-72(79)63-91-97(86,87)93-67-74(95-78(83)61-53-45-37-29-27-32-40-48-56-70(6)7)65-89-76(81)59-51-43-35-28-26-31-39-47-55-69(4)5/h68-74,79H,9-67H2,1-8H3,(H,84,85)(H,86,87)/t71?,72?,73-,74-/m1/s1. The Morgan fingerprint density at radius 1 is 0.289 bits per heavy atom. The second kappa shape index (κ2) is 67.2. The lowest BCUT2D eigenvalue weighted by atomic mass is 9.99. The summed E-state index contributed by atoms with van der Waals surface area (Å²) in [6.07, 6.45) is 52.8. The summed E-state index contributed by atoms with van der Waals surface area (Å²) >= 11 is 0. The van der Waals surface area contributed by atoms with Gasteiger partial charge in [-0.05, 0) is 49.4 Å². The number of ether oxygens (including phenoxy) is 4. The molecule has 17 nitrogen and oxygen atoms in total. The number of carbonyl (C=O) groups is 4. The number of esters is 4. The maximum Gasteiger partial charge on any atom is 0.472 e. The molecule has 97 heavy (non-hydrogen) atoms. The van der Waals surface area contributed by atoms with Gasteiger partial charge in [-0.1, -0.05) is 344 Å². The Hall–Kier alpha value is -1.94. The van der Waals surface area contributed by atoms with Crippen LogP contribution in [0.1, 0.15) is 396 Å². The summed E-state index contributed by atoms with van der Waals surface area (Å²) in [7, 11) is -9.92. The van der Waals surface area contributed by atoms with Gasteiger partial charge in [0.05, 0.1) is 26.4 Å². The van der Waals surface area contributed by atoms with Gasteiger partial charge in [0.25, 0.3) is 0 Å². The van der Waals surface area contributed by atoms with Gasteiger partial charge in [-0.3, -0.25) is 37.3 Å². The first-order chi connectivity index (χ1) is 46.6. The van der Waals surface area contributed by atoms with E-state index in [2.05, 4.69) is 55.4 Å². The summed E-state index contributed by atoms with van der Waals surface area (Å²) in [5.41, 5.74) is 0. The monoisotopic (exact) mass is 1420 g/mol. The van der Waals surface area contributed by atoms with Crippen molar-refractivity contribution in [2.45, 2.75) is 414 Å². The average molecular weight is 1420 g/mol. The minimum atomic E-state index is -4.96. The highest BCUT2D eigenvalue weighted by Crippen LogP contribution is 2.45. The number of aliphatic hydroxyl groups is 1. The lowest BCUT2D eigenvalue weighted by Gasteiger charge is -2.21. The molecule has 6 atom stereocenters. The van der Waals surface area contributed by atoms with Gasteiger partial charge in [0.1, 0.15) is 19.3 Å². The molecule has 19 heteroatoms. The summed E-state index contributed by atoms with van der Waals surface area (Å²) < 4.78 is 68.6. The number of phosphoric acid groups is 2. The smallest absolute Gasteiger partial charge is 0.462 e. The van der Waals surface area contributed by atoms with E-state index in [1.165, 1.54) is 199 Å². The van der Waals surface area contributed by atoms with Crippen LogP contribution in [0.3, 0.4) is 0 Å². The fourth-order valence-corrected chi connectivity index (χ4v) is 13.5. The number of carbonyl (C=O) groups excluding carboxylic acids is 4. The molecule has 0 saturated heterocycles. The van der Waals surface area contributed by atoms with Gasteiger partial charge >= 0.3 is 39.5 Å². The Morgan fingerprint density at radius 2 is 0.495 bits per heavy atom. The number of hydrogen-bond acceptors (Lipinski definition) is 15. The lowest BCUT2D eigenvalue weighted by Crippen LogP contribution is -2.30. The van der Waals surface area contributed by atoms with Crippen LogP contribution >= 0.6 is 15.6 Å². The molecule has 3 N–H and O–H groups in total. The molecule has 0 aromatic carbocycles. The van der Waals surface area contributed by atoms with Crippen molar-refractivity contribution in [1.29, 1.82) is 0 Å². The van der Waals surface area contributed by atoms with Crippen LogP contribution in [0.5, 0.6) is 0 Å². The van der Waals surface area contributed by atoms with Gasteiger partial charge in [-0.2, -0.15) is 0 Å². The average Bonchev–Trinajstić information content (AvgIpc) is 1.27. The maximum atomic E-state index is 13.1. The van der Waals surface area contributed by atoms with E-state index in [0.29, 0.717) is 25.7 Å². The van der Waals surface area contributed by atoms with Gasteiger partial charge in [0.15, 0.2) is 12.2 Å². The van der Waals surface area contributed by atoms with Gasteiger partial charge in [-0.15, -0.1) is 0 Å². The zero-order valence-electron chi connectivity index (χ0n) is 63.7. The minimum Gasteiger partial charge on any atom is -0.462 e. The van der Waals surface area contributed by atoms with Crippen LogP contribution in [0.15, 0.2) is 0 Å². The van der Waals surface area contributed by atoms with E-state index < -0.39 is 97.5 Å². The van der Waals surface area contributed by atoms with Crippen molar-refractivity contribution in [2.75, 3.05) is 39.6 Å². The summed E-state index contributed by atoms with van der Waals surface area (Å²) in [6, 6.07) is 0. The van der Waals surface area contributed by atoms with Crippen LogP contribution in [0.4, 0.5) is 0 Å². The molecule has 0 aliphatic carbocycles. The molecule has 0 amide bonds. The molecule has 0 fully saturated rings. The molecule has 0 spiro atoms. The lowest BCUT2D eigenvalue weighted by molar-refractivity contribution is -0.161. The molecule has 0 rings (SSSR count). The third kappa shape index (κ3) is 70.9. The zero-order valence-corrected chi connectivity index (χ0v) is 65.5. The highest BCUT2D eigenvalue weighted by Gasteiger charge is 2.30. The number of rotatable bonds is 75. The van der Waals surface area contributed by atoms with Gasteiger partial charge in [0, 0.05) is 25.7 Å². The molecular weight excluding hydrogens is 1270 g/mol. The molecule has 0 aliphatic rings. The van der Waals surface area contributed by atoms with E-state index in [0.717, 1.165) is 114 Å². The fourth-order valence-electron chi connectivity index (χ4n) is 11.9. The molecule has 0 saturated carbocycles. The molecule has 0 heterocycles. The molecule has 0 bridgehead atoms. The maximum absolute atomic E-state index is 13.1. The molecule has 0 aromatic rings. The van der Waals surface area contributed by atoms with Crippen molar-refractivity contribution < 1.29 is 80.2 Å². The number of aliphatic hydroxyl groups excluding tert-OH is 1. The van der Waals surface area contributed by atoms with E-state index in [1.807, 2.05) is 0 Å². The number of hydrogen-bond donors (Lipinski definition) is 3. The Kier molecular flexibility index (Phi) is 65.9. The highest BCUT2D eigenvalue weighted by atomic mass is 31.2. The van der Waals surface area contributed by atoms with Crippen LogP contribution < -0.4 is 0 Å². The second-order valence-corrected chi connectivity index (χ2v) is 32.7. The van der Waals surface area contributed by atoms with E-state index in [4.69, 9.17) is 37.0 Å². The van der Waals surface area contributed by atoms with Crippen molar-refractivity contribution in [1.82, 2.24) is 0 Å². The van der Waals surface area contributed by atoms with Crippen LogP contribution in [0.2, 0.25) is 0 Å². The number of unbranched alkanes of at least 4 members (excludes halogenated alkanes) is 40. The Bertz CT molecular complexity index is 1900. The van der Waals surface area contributed by atoms with Crippen molar-refractivity contribution in [3.05, 3.63) is 0 Å². The summed E-state index contributed by atoms with van der Waals surface area (Å²) in [4.78, 5) is 72.9. The molecule has 0 aliphatic heterocycles. The third-order valence-electron chi connectivity index (χ3n) is 18.4. The fraction of sp³-hybridized carbons (Fsp3) is 0.949. The molecule has 4 unspecified atom stereocenters. The van der Waals surface area contributed by atoms with Gasteiger partial charge in [0.2, 0.25) is 0 Å². The molecule has 0 radical (unpaired) electrons. The summed E-state index contributed by atoms with van der Waals surface area (Å²) in [5.74, 6) is 0.970. The predicted octanol–water partition coefficient (Wildman–Crippen LogP) is 22.8. The first-order valence-corrected chi connectivity index (χ1v) is 43.2. The van der Waals surface area contributed by atoms with Crippen LogP contribution in [-0.4, -0.2) is 96.7 Å². The Morgan fingerprint density at radius 3 is 0.732 bits per heavy atom. The third-order valence-corrected chi connectivity index (χ3v) is 20.3. The van der Waals surface area contributed by atoms with Crippen molar-refractivity contribution in [3.63, 3.8) is 0 Å². The van der Waals surface area contributed by atoms with Gasteiger partial charge in [-0.25, -0.2) is 9.13 Å². The SMILES string of the molecule is CCC(C)CCCCCCCCCCCCCCCCC(=O)OC[C@H](COP(=O)(O)OCC(O)COP(=O)(O)OC[C@@H](COC(=O)CCCCCCCCCCC(C)C)OC(=O)CCCCCCCCCCC(C)C)OC(=O)CCCCCCCCCCCCCCCCC(C)C. The Labute approximate surface area is 594 Å². The van der Waals surface area contributed by atoms with Crippen molar-refractivity contribution in [2.24, 2.45) is 23.7 Å². The molecule has 0 aromatic heterocycles. The van der Waals surface area contributed by atoms with E-state index in [9.17, 15) is 43.2 Å². The minimum absolute atomic E-state index is 0.104. The summed E-state index contributed by atoms with van der Waals surface area (Å²) in [5, 5.41) is 10.6. The van der Waals surface area contributed by atoms with Crippen molar-refractivity contribution in [3.8, 4) is 0 Å². The Balaban J connectivity index is 5.24. The van der Waals surface area contributed by atoms with E-state index in [-0.39, 0.29) is 25.7 Å². The first-order valence-electron chi connectivity index (χ1n) is 40.2. The van der Waals surface area contributed by atoms with Gasteiger partial charge < -0.3 is 33.8 Å². The first kappa shape index (κ1) is 95.1. The van der Waals surface area contributed by atoms with Crippen LogP contribution in [-0.2, 0) is 65.4 Å². The summed E-state index contributed by atoms with van der Waals surface area (Å²) in [6.45, 7) is 14.2. The highest BCUT2D eigenvalue weighted by molar-refractivity contribution is 7.47. The van der Waals surface area contributed by atoms with Crippen LogP contribution in [0.25, 0.3) is 0 Å². The molecule has 576 valence electrons. The molecular formula is C78H152O17P2. The van der Waals surface area contributed by atoms with Crippen molar-refractivity contribution >= 4 is 39.5 Å².